The molecule has 0 aromatic heterocycles. The van der Waals surface area contributed by atoms with Crippen molar-refractivity contribution in [1.82, 2.24) is 0 Å². The van der Waals surface area contributed by atoms with Crippen molar-refractivity contribution >= 4 is 17.2 Å². The summed E-state index contributed by atoms with van der Waals surface area (Å²) in [4.78, 5) is 11.8. The van der Waals surface area contributed by atoms with Crippen molar-refractivity contribution in [1.29, 1.82) is 0 Å². The number of anilines is 1. The number of nitrogens with two attached hydrogens (primary N) is 1. The molecule has 0 heterocycles. The number of esters is 1. The number of carbonyl (C=O) groups is 1. The molecule has 0 aliphatic rings. The van der Waals surface area contributed by atoms with Crippen molar-refractivity contribution in [2.45, 2.75) is 20.8 Å². The van der Waals surface area contributed by atoms with E-state index in [1.165, 1.54) is 13.2 Å². The van der Waals surface area contributed by atoms with Gasteiger partial charge in [-0.3, -0.25) is 0 Å². The molecule has 0 bridgehead atoms. The van der Waals surface area contributed by atoms with Crippen LogP contribution in [0.2, 0.25) is 0 Å². The van der Waals surface area contributed by atoms with Gasteiger partial charge in [0.05, 0.1) is 7.11 Å². The number of rotatable bonds is 3. The minimum absolute atomic E-state index is 0.395. The number of nitrogen functional groups attached to an aromatic ring is 1. The summed E-state index contributed by atoms with van der Waals surface area (Å²) in [5.74, 6) is -0.395. The van der Waals surface area contributed by atoms with Crippen LogP contribution in [0.4, 0.5) is 5.69 Å². The standard InChI is InChI=1S/C19H21NO2/c1-12-5-7-15(8-6-12)16(11-19(21)22-4)17-9-13(2)14(3)10-18(17)20/h5-11H,20H2,1-4H3/b16-11+. The lowest BCUT2D eigenvalue weighted by molar-refractivity contribution is -0.134. The zero-order chi connectivity index (χ0) is 16.3. The van der Waals surface area contributed by atoms with Crippen LogP contribution in [0, 0.1) is 20.8 Å². The summed E-state index contributed by atoms with van der Waals surface area (Å²) < 4.78 is 4.79. The molecular formula is C19H21NO2. The lowest BCUT2D eigenvalue weighted by Crippen LogP contribution is -2.02. The molecule has 0 unspecified atom stereocenters. The summed E-state index contributed by atoms with van der Waals surface area (Å²) in [5, 5.41) is 0. The third kappa shape index (κ3) is 3.37. The van der Waals surface area contributed by atoms with Crippen LogP contribution in [0.5, 0.6) is 0 Å². The van der Waals surface area contributed by atoms with Gasteiger partial charge in [-0.15, -0.1) is 0 Å². The predicted octanol–water partition coefficient (Wildman–Crippen LogP) is 3.80. The molecule has 3 nitrogen and oxygen atoms in total. The second-order valence-electron chi connectivity index (χ2n) is 5.47. The fourth-order valence-electron chi connectivity index (χ4n) is 2.30. The molecule has 3 heteroatoms. The zero-order valence-corrected chi connectivity index (χ0v) is 13.4. The summed E-state index contributed by atoms with van der Waals surface area (Å²) in [5.41, 5.74) is 12.8. The molecule has 0 saturated heterocycles. The van der Waals surface area contributed by atoms with E-state index in [1.807, 2.05) is 57.2 Å². The maximum absolute atomic E-state index is 11.8. The van der Waals surface area contributed by atoms with E-state index >= 15 is 0 Å². The van der Waals surface area contributed by atoms with Gasteiger partial charge in [0.2, 0.25) is 0 Å². The molecule has 0 aliphatic carbocycles. The SMILES string of the molecule is COC(=O)/C=C(\c1ccc(C)cc1)c1cc(C)c(C)cc1N. The first-order chi connectivity index (χ1) is 10.4. The third-order valence-corrected chi connectivity index (χ3v) is 3.78. The normalized spacial score (nSPS) is 11.4. The van der Waals surface area contributed by atoms with Gasteiger partial charge in [0, 0.05) is 17.3 Å². The minimum atomic E-state index is -0.395. The average molecular weight is 295 g/mol. The van der Waals surface area contributed by atoms with Gasteiger partial charge >= 0.3 is 5.97 Å². The molecule has 22 heavy (non-hydrogen) atoms. The Morgan fingerprint density at radius 1 is 1.05 bits per heavy atom. The summed E-state index contributed by atoms with van der Waals surface area (Å²) >= 11 is 0. The maximum Gasteiger partial charge on any atom is 0.331 e. The Morgan fingerprint density at radius 3 is 2.23 bits per heavy atom. The second-order valence-corrected chi connectivity index (χ2v) is 5.47. The van der Waals surface area contributed by atoms with Gasteiger partial charge in [0.1, 0.15) is 0 Å². The average Bonchev–Trinajstić information content (AvgIpc) is 2.49. The Morgan fingerprint density at radius 2 is 1.64 bits per heavy atom. The minimum Gasteiger partial charge on any atom is -0.466 e. The van der Waals surface area contributed by atoms with Gasteiger partial charge in [-0.25, -0.2) is 4.79 Å². The Bertz CT molecular complexity index is 728. The van der Waals surface area contributed by atoms with Gasteiger partial charge < -0.3 is 10.5 Å². The molecule has 2 rings (SSSR count). The molecule has 2 aromatic rings. The van der Waals surface area contributed by atoms with Crippen LogP contribution in [0.3, 0.4) is 0 Å². The fraction of sp³-hybridized carbons (Fsp3) is 0.211. The number of benzene rings is 2. The number of methoxy groups -OCH3 is 1. The Balaban J connectivity index is 2.64. The molecule has 0 amide bonds. The lowest BCUT2D eigenvalue weighted by Gasteiger charge is -2.14. The molecule has 0 saturated carbocycles. The second kappa shape index (κ2) is 6.48. The summed E-state index contributed by atoms with van der Waals surface area (Å²) in [6.45, 7) is 6.08. The Hall–Kier alpha value is -2.55. The zero-order valence-electron chi connectivity index (χ0n) is 13.4. The van der Waals surface area contributed by atoms with E-state index in [0.29, 0.717) is 5.69 Å². The van der Waals surface area contributed by atoms with Crippen LogP contribution < -0.4 is 5.73 Å². The molecule has 0 aliphatic heterocycles. The first-order valence-electron chi connectivity index (χ1n) is 7.16. The van der Waals surface area contributed by atoms with Gasteiger partial charge in [-0.05, 0) is 55.2 Å². The predicted molar refractivity (Wildman–Crippen MR) is 90.6 cm³/mol. The van der Waals surface area contributed by atoms with Crippen LogP contribution in [-0.2, 0) is 9.53 Å². The van der Waals surface area contributed by atoms with Crippen molar-refractivity contribution in [2.24, 2.45) is 0 Å². The molecule has 114 valence electrons. The number of hydrogen-bond acceptors (Lipinski definition) is 3. The highest BCUT2D eigenvalue weighted by atomic mass is 16.5. The smallest absolute Gasteiger partial charge is 0.331 e. The van der Waals surface area contributed by atoms with Crippen molar-refractivity contribution in [3.63, 3.8) is 0 Å². The van der Waals surface area contributed by atoms with Crippen molar-refractivity contribution in [3.05, 3.63) is 70.3 Å². The number of hydrogen-bond donors (Lipinski definition) is 1. The Kier molecular flexibility index (Phi) is 4.66. The molecule has 0 fully saturated rings. The topological polar surface area (TPSA) is 52.3 Å². The largest absolute Gasteiger partial charge is 0.466 e. The Labute approximate surface area is 131 Å². The number of ether oxygens (including phenoxy) is 1. The molecule has 0 spiro atoms. The summed E-state index contributed by atoms with van der Waals surface area (Å²) in [6, 6.07) is 11.9. The third-order valence-electron chi connectivity index (χ3n) is 3.78. The maximum atomic E-state index is 11.8. The molecule has 2 aromatic carbocycles. The molecule has 0 atom stereocenters. The van der Waals surface area contributed by atoms with Gasteiger partial charge in [-0.1, -0.05) is 29.8 Å². The van der Waals surface area contributed by atoms with E-state index in [0.717, 1.165) is 33.4 Å². The van der Waals surface area contributed by atoms with E-state index in [2.05, 4.69) is 0 Å². The first-order valence-corrected chi connectivity index (χ1v) is 7.16. The highest BCUT2D eigenvalue weighted by Gasteiger charge is 2.12. The molecule has 0 radical (unpaired) electrons. The van der Waals surface area contributed by atoms with Crippen LogP contribution in [0.25, 0.3) is 5.57 Å². The first kappa shape index (κ1) is 15.8. The summed E-state index contributed by atoms with van der Waals surface area (Å²) in [6.07, 6.45) is 1.49. The molecular weight excluding hydrogens is 274 g/mol. The van der Waals surface area contributed by atoms with Crippen molar-refractivity contribution in [3.8, 4) is 0 Å². The monoisotopic (exact) mass is 295 g/mol. The molecule has 2 N–H and O–H groups in total. The highest BCUT2D eigenvalue weighted by Crippen LogP contribution is 2.30. The van der Waals surface area contributed by atoms with Crippen LogP contribution in [-0.4, -0.2) is 13.1 Å². The lowest BCUT2D eigenvalue weighted by atomic mass is 9.93. The number of aryl methyl sites for hydroxylation is 3. The van der Waals surface area contributed by atoms with Crippen molar-refractivity contribution < 1.29 is 9.53 Å². The number of carbonyl (C=O) groups excluding carboxylic acids is 1. The summed E-state index contributed by atoms with van der Waals surface area (Å²) in [7, 11) is 1.37. The van der Waals surface area contributed by atoms with Crippen LogP contribution in [0.1, 0.15) is 27.8 Å². The van der Waals surface area contributed by atoms with Crippen LogP contribution in [0.15, 0.2) is 42.5 Å². The quantitative estimate of drug-likeness (QED) is 0.532. The van der Waals surface area contributed by atoms with Gasteiger partial charge in [0.25, 0.3) is 0 Å². The van der Waals surface area contributed by atoms with E-state index in [4.69, 9.17) is 10.5 Å². The fourth-order valence-corrected chi connectivity index (χ4v) is 2.30. The van der Waals surface area contributed by atoms with Crippen LogP contribution >= 0.6 is 0 Å². The van der Waals surface area contributed by atoms with E-state index < -0.39 is 5.97 Å². The van der Waals surface area contributed by atoms with Gasteiger partial charge in [0.15, 0.2) is 0 Å². The highest BCUT2D eigenvalue weighted by molar-refractivity contribution is 5.98. The van der Waals surface area contributed by atoms with E-state index in [-0.39, 0.29) is 0 Å². The van der Waals surface area contributed by atoms with E-state index in [9.17, 15) is 4.79 Å². The van der Waals surface area contributed by atoms with E-state index in [1.54, 1.807) is 0 Å². The van der Waals surface area contributed by atoms with Gasteiger partial charge in [-0.2, -0.15) is 0 Å². The van der Waals surface area contributed by atoms with Crippen molar-refractivity contribution in [2.75, 3.05) is 12.8 Å².